The molecule has 0 bridgehead atoms. The Kier molecular flexibility index (Phi) is 3.71. The van der Waals surface area contributed by atoms with E-state index in [0.717, 1.165) is 10.9 Å². The molecule has 1 unspecified atom stereocenters. The van der Waals surface area contributed by atoms with Crippen molar-refractivity contribution in [3.05, 3.63) is 46.2 Å². The van der Waals surface area contributed by atoms with Crippen molar-refractivity contribution in [1.29, 1.82) is 0 Å². The van der Waals surface area contributed by atoms with Crippen molar-refractivity contribution in [2.24, 2.45) is 0 Å². The lowest BCUT2D eigenvalue weighted by Gasteiger charge is -2.16. The summed E-state index contributed by atoms with van der Waals surface area (Å²) in [5.74, 6) is 0. The zero-order chi connectivity index (χ0) is 14.0. The fourth-order valence-electron chi connectivity index (χ4n) is 1.75. The molecule has 3 N–H and O–H groups in total. The fraction of sp³-hybridized carbons (Fsp3) is 0.231. The maximum Gasteiger partial charge on any atom is 0.418 e. The average Bonchev–Trinajstić information content (AvgIpc) is 2.83. The highest BCUT2D eigenvalue weighted by molar-refractivity contribution is 7.10. The van der Waals surface area contributed by atoms with Crippen LogP contribution in [0.2, 0.25) is 0 Å². The lowest BCUT2D eigenvalue weighted by Crippen LogP contribution is -2.11. The second-order valence-corrected chi connectivity index (χ2v) is 5.16. The molecule has 0 fully saturated rings. The van der Waals surface area contributed by atoms with Gasteiger partial charge in [0.05, 0.1) is 11.6 Å². The summed E-state index contributed by atoms with van der Waals surface area (Å²) in [6.45, 7) is 1.90. The number of thiophene rings is 1. The highest BCUT2D eigenvalue weighted by Gasteiger charge is 2.33. The standard InChI is InChI=1S/C13H13F3N2S/c1-8(12-3-2-6-19-12)18-9-4-5-11(17)10(7-9)13(14,15)16/h2-8,18H,17H2,1H3. The van der Waals surface area contributed by atoms with Gasteiger partial charge < -0.3 is 11.1 Å². The predicted molar refractivity (Wildman–Crippen MR) is 72.2 cm³/mol. The zero-order valence-electron chi connectivity index (χ0n) is 10.2. The van der Waals surface area contributed by atoms with Crippen LogP contribution >= 0.6 is 11.3 Å². The third kappa shape index (κ3) is 3.20. The number of hydrogen-bond donors (Lipinski definition) is 2. The Hall–Kier alpha value is -1.69. The number of benzene rings is 1. The molecule has 19 heavy (non-hydrogen) atoms. The Balaban J connectivity index is 2.22. The van der Waals surface area contributed by atoms with E-state index in [1.54, 1.807) is 17.4 Å². The number of hydrogen-bond acceptors (Lipinski definition) is 3. The van der Waals surface area contributed by atoms with Crippen LogP contribution in [-0.4, -0.2) is 0 Å². The maximum absolute atomic E-state index is 12.7. The molecular formula is C13H13F3N2S. The first-order chi connectivity index (χ1) is 8.88. The Morgan fingerprint density at radius 1 is 1.26 bits per heavy atom. The van der Waals surface area contributed by atoms with Gasteiger partial charge in [0, 0.05) is 16.3 Å². The first kappa shape index (κ1) is 13.7. The van der Waals surface area contributed by atoms with Crippen LogP contribution in [0.3, 0.4) is 0 Å². The van der Waals surface area contributed by atoms with Gasteiger partial charge in [0.15, 0.2) is 0 Å². The fourth-order valence-corrected chi connectivity index (χ4v) is 2.48. The minimum absolute atomic E-state index is 0.0512. The molecular weight excluding hydrogens is 273 g/mol. The Morgan fingerprint density at radius 2 is 2.00 bits per heavy atom. The van der Waals surface area contributed by atoms with E-state index >= 15 is 0 Å². The van der Waals surface area contributed by atoms with Crippen LogP contribution in [0, 0.1) is 0 Å². The zero-order valence-corrected chi connectivity index (χ0v) is 11.0. The third-order valence-corrected chi connectivity index (χ3v) is 3.77. The molecule has 1 heterocycles. The van der Waals surface area contributed by atoms with Crippen molar-refractivity contribution < 1.29 is 13.2 Å². The van der Waals surface area contributed by atoms with Crippen molar-refractivity contribution in [1.82, 2.24) is 0 Å². The van der Waals surface area contributed by atoms with Crippen molar-refractivity contribution in [2.45, 2.75) is 19.1 Å². The summed E-state index contributed by atoms with van der Waals surface area (Å²) < 4.78 is 38.2. The molecule has 0 aliphatic rings. The van der Waals surface area contributed by atoms with E-state index in [1.807, 2.05) is 24.4 Å². The molecule has 2 aromatic rings. The van der Waals surface area contributed by atoms with Crippen molar-refractivity contribution in [3.63, 3.8) is 0 Å². The average molecular weight is 286 g/mol. The minimum atomic E-state index is -4.44. The molecule has 2 nitrogen and oxygen atoms in total. The molecule has 0 aliphatic carbocycles. The molecule has 1 aromatic carbocycles. The van der Waals surface area contributed by atoms with Gasteiger partial charge in [-0.1, -0.05) is 6.07 Å². The SMILES string of the molecule is CC(Nc1ccc(N)c(C(F)(F)F)c1)c1cccs1. The topological polar surface area (TPSA) is 38.0 Å². The van der Waals surface area contributed by atoms with E-state index in [1.165, 1.54) is 6.07 Å². The quantitative estimate of drug-likeness (QED) is 0.814. The summed E-state index contributed by atoms with van der Waals surface area (Å²) in [6.07, 6.45) is -4.44. The van der Waals surface area contributed by atoms with Gasteiger partial charge in [0.25, 0.3) is 0 Å². The summed E-state index contributed by atoms with van der Waals surface area (Å²) in [7, 11) is 0. The second-order valence-electron chi connectivity index (χ2n) is 4.18. The minimum Gasteiger partial charge on any atom is -0.398 e. The predicted octanol–water partition coefficient (Wildman–Crippen LogP) is 4.52. The number of anilines is 2. The van der Waals surface area contributed by atoms with Gasteiger partial charge >= 0.3 is 6.18 Å². The van der Waals surface area contributed by atoms with E-state index in [-0.39, 0.29) is 11.7 Å². The number of halogens is 3. The number of alkyl halides is 3. The van der Waals surface area contributed by atoms with Crippen molar-refractivity contribution >= 4 is 22.7 Å². The number of nitrogen functional groups attached to an aromatic ring is 1. The molecule has 6 heteroatoms. The van der Waals surface area contributed by atoms with Gasteiger partial charge in [0.2, 0.25) is 0 Å². The van der Waals surface area contributed by atoms with E-state index in [2.05, 4.69) is 5.32 Å². The van der Waals surface area contributed by atoms with Crippen LogP contribution in [-0.2, 0) is 6.18 Å². The summed E-state index contributed by atoms with van der Waals surface area (Å²) in [6, 6.07) is 7.65. The van der Waals surface area contributed by atoms with Crippen LogP contribution in [0.25, 0.3) is 0 Å². The van der Waals surface area contributed by atoms with Crippen molar-refractivity contribution in [2.75, 3.05) is 11.1 Å². The van der Waals surface area contributed by atoms with Crippen molar-refractivity contribution in [3.8, 4) is 0 Å². The van der Waals surface area contributed by atoms with Crippen LogP contribution in [0.1, 0.15) is 23.4 Å². The number of nitrogens with one attached hydrogen (secondary N) is 1. The molecule has 1 atom stereocenters. The molecule has 0 spiro atoms. The molecule has 0 radical (unpaired) electrons. The lowest BCUT2D eigenvalue weighted by atomic mass is 10.1. The van der Waals surface area contributed by atoms with E-state index < -0.39 is 11.7 Å². The van der Waals surface area contributed by atoms with Gasteiger partial charge in [-0.05, 0) is 36.6 Å². The van der Waals surface area contributed by atoms with E-state index in [9.17, 15) is 13.2 Å². The number of rotatable bonds is 3. The van der Waals surface area contributed by atoms with E-state index in [0.29, 0.717) is 5.69 Å². The normalized spacial score (nSPS) is 13.3. The van der Waals surface area contributed by atoms with Gasteiger partial charge in [-0.25, -0.2) is 0 Å². The molecule has 0 saturated heterocycles. The molecule has 1 aromatic heterocycles. The molecule has 0 amide bonds. The van der Waals surface area contributed by atoms with E-state index in [4.69, 9.17) is 5.73 Å². The van der Waals surface area contributed by atoms with Gasteiger partial charge in [-0.3, -0.25) is 0 Å². The summed E-state index contributed by atoms with van der Waals surface area (Å²) in [5, 5.41) is 4.97. The van der Waals surface area contributed by atoms with Crippen LogP contribution in [0.15, 0.2) is 35.7 Å². The Morgan fingerprint density at radius 3 is 2.58 bits per heavy atom. The van der Waals surface area contributed by atoms with Crippen LogP contribution < -0.4 is 11.1 Å². The first-order valence-corrected chi connectivity index (χ1v) is 6.52. The van der Waals surface area contributed by atoms with Crippen LogP contribution in [0.5, 0.6) is 0 Å². The first-order valence-electron chi connectivity index (χ1n) is 5.64. The summed E-state index contributed by atoms with van der Waals surface area (Å²) in [4.78, 5) is 1.06. The molecule has 102 valence electrons. The van der Waals surface area contributed by atoms with Crippen LogP contribution in [0.4, 0.5) is 24.5 Å². The van der Waals surface area contributed by atoms with Gasteiger partial charge in [-0.2, -0.15) is 13.2 Å². The highest BCUT2D eigenvalue weighted by atomic mass is 32.1. The molecule has 0 saturated carbocycles. The molecule has 0 aliphatic heterocycles. The smallest absolute Gasteiger partial charge is 0.398 e. The number of nitrogens with two attached hydrogens (primary N) is 1. The maximum atomic E-state index is 12.7. The highest BCUT2D eigenvalue weighted by Crippen LogP contribution is 2.35. The van der Waals surface area contributed by atoms with Gasteiger partial charge in [-0.15, -0.1) is 11.3 Å². The second kappa shape index (κ2) is 5.13. The monoisotopic (exact) mass is 286 g/mol. The largest absolute Gasteiger partial charge is 0.418 e. The molecule has 2 rings (SSSR count). The summed E-state index contributed by atoms with van der Waals surface area (Å²) in [5.41, 5.74) is 4.69. The van der Waals surface area contributed by atoms with Gasteiger partial charge in [0.1, 0.15) is 0 Å². The summed E-state index contributed by atoms with van der Waals surface area (Å²) >= 11 is 1.55. The Labute approximate surface area is 113 Å². The Bertz CT molecular complexity index is 550. The lowest BCUT2D eigenvalue weighted by molar-refractivity contribution is -0.136. The third-order valence-electron chi connectivity index (χ3n) is 2.71.